The predicted octanol–water partition coefficient (Wildman–Crippen LogP) is 4.14. The monoisotopic (exact) mass is 375 g/mol. The lowest BCUT2D eigenvalue weighted by atomic mass is 10.0. The molecule has 2 N–H and O–H groups in total. The Bertz CT molecular complexity index is 954. The van der Waals surface area contributed by atoms with Gasteiger partial charge in [0.1, 0.15) is 0 Å². The summed E-state index contributed by atoms with van der Waals surface area (Å²) in [7, 11) is 4.59. The fraction of sp³-hybridized carbons (Fsp3) is 0.211. The number of halogens is 1. The number of ether oxygens (including phenoxy) is 3. The van der Waals surface area contributed by atoms with Crippen LogP contribution < -0.4 is 14.2 Å². The minimum absolute atomic E-state index is 0.146. The molecular formula is C19H18ClNO5. The van der Waals surface area contributed by atoms with Crippen LogP contribution in [0, 0.1) is 0 Å². The molecule has 0 unspecified atom stereocenters. The molecular weight excluding hydrogens is 358 g/mol. The number of nitrogens with one attached hydrogen (secondary N) is 1. The normalized spacial score (nSPS) is 10.8. The number of carboxylic acid groups (broad SMARTS) is 1. The van der Waals surface area contributed by atoms with Gasteiger partial charge in [0.15, 0.2) is 11.5 Å². The van der Waals surface area contributed by atoms with Gasteiger partial charge in [0, 0.05) is 21.5 Å². The number of benzene rings is 2. The number of fused-ring (bicyclic) bond motifs is 1. The Kier molecular flexibility index (Phi) is 4.95. The van der Waals surface area contributed by atoms with Gasteiger partial charge in [0.2, 0.25) is 5.75 Å². The minimum Gasteiger partial charge on any atom is -0.493 e. The van der Waals surface area contributed by atoms with E-state index in [1.807, 2.05) is 6.07 Å². The molecule has 0 saturated carbocycles. The van der Waals surface area contributed by atoms with Gasteiger partial charge in [-0.05, 0) is 35.9 Å². The van der Waals surface area contributed by atoms with Crippen molar-refractivity contribution < 1.29 is 24.1 Å². The smallest absolute Gasteiger partial charge is 0.307 e. The van der Waals surface area contributed by atoms with Crippen molar-refractivity contribution in [3.05, 3.63) is 40.9 Å². The Balaban J connectivity index is 2.29. The first kappa shape index (κ1) is 17.9. The van der Waals surface area contributed by atoms with Gasteiger partial charge in [0.05, 0.1) is 33.4 Å². The molecule has 0 saturated heterocycles. The van der Waals surface area contributed by atoms with Crippen LogP contribution in [-0.4, -0.2) is 37.4 Å². The number of aliphatic carboxylic acids is 1. The molecule has 136 valence electrons. The summed E-state index contributed by atoms with van der Waals surface area (Å²) in [5.41, 5.74) is 2.84. The lowest BCUT2D eigenvalue weighted by molar-refractivity contribution is -0.136. The van der Waals surface area contributed by atoms with E-state index in [0.29, 0.717) is 33.5 Å². The molecule has 26 heavy (non-hydrogen) atoms. The standard InChI is InChI=1S/C19H18ClNO5/c1-24-15-6-10(7-16(25-2)19(15)26-3)18-13(9-17(22)23)12-8-11(20)4-5-14(12)21-18/h4-8,21H,9H2,1-3H3,(H,22,23). The second kappa shape index (κ2) is 7.17. The molecule has 0 atom stereocenters. The molecule has 3 rings (SSSR count). The number of H-pyrrole nitrogens is 1. The van der Waals surface area contributed by atoms with Crippen LogP contribution in [0.5, 0.6) is 17.2 Å². The summed E-state index contributed by atoms with van der Waals surface area (Å²) in [4.78, 5) is 14.7. The number of hydrogen-bond acceptors (Lipinski definition) is 4. The van der Waals surface area contributed by atoms with Gasteiger partial charge in [-0.1, -0.05) is 11.6 Å². The van der Waals surface area contributed by atoms with Crippen molar-refractivity contribution >= 4 is 28.5 Å². The molecule has 6 nitrogen and oxygen atoms in total. The highest BCUT2D eigenvalue weighted by Crippen LogP contribution is 2.42. The zero-order valence-electron chi connectivity index (χ0n) is 14.6. The summed E-state index contributed by atoms with van der Waals surface area (Å²) in [6.45, 7) is 0. The zero-order valence-corrected chi connectivity index (χ0v) is 15.3. The third kappa shape index (κ3) is 3.15. The molecule has 1 aromatic heterocycles. The van der Waals surface area contributed by atoms with Gasteiger partial charge in [-0.3, -0.25) is 4.79 Å². The fourth-order valence-electron chi connectivity index (χ4n) is 3.03. The Morgan fingerprint density at radius 3 is 2.27 bits per heavy atom. The Hall–Kier alpha value is -2.86. The predicted molar refractivity (Wildman–Crippen MR) is 99.7 cm³/mol. The van der Waals surface area contributed by atoms with E-state index in [-0.39, 0.29) is 6.42 Å². The summed E-state index contributed by atoms with van der Waals surface area (Å²) >= 11 is 6.10. The van der Waals surface area contributed by atoms with Crippen LogP contribution in [0.25, 0.3) is 22.2 Å². The number of rotatable bonds is 6. The van der Waals surface area contributed by atoms with Crippen molar-refractivity contribution in [3.8, 4) is 28.5 Å². The van der Waals surface area contributed by atoms with Gasteiger partial charge in [-0.2, -0.15) is 0 Å². The third-order valence-corrected chi connectivity index (χ3v) is 4.38. The molecule has 0 aliphatic carbocycles. The first-order valence-corrected chi connectivity index (χ1v) is 8.18. The maximum Gasteiger partial charge on any atom is 0.307 e. The second-order valence-corrected chi connectivity index (χ2v) is 6.09. The first-order chi connectivity index (χ1) is 12.5. The van der Waals surface area contributed by atoms with Crippen molar-refractivity contribution in [1.29, 1.82) is 0 Å². The van der Waals surface area contributed by atoms with Crippen molar-refractivity contribution in [2.45, 2.75) is 6.42 Å². The molecule has 1 heterocycles. The van der Waals surface area contributed by atoms with Gasteiger partial charge in [-0.25, -0.2) is 0 Å². The maximum atomic E-state index is 11.4. The molecule has 7 heteroatoms. The van der Waals surface area contributed by atoms with Crippen LogP contribution in [0.1, 0.15) is 5.56 Å². The van der Waals surface area contributed by atoms with E-state index in [4.69, 9.17) is 25.8 Å². The molecule has 0 amide bonds. The highest BCUT2D eigenvalue weighted by atomic mass is 35.5. The van der Waals surface area contributed by atoms with Gasteiger partial charge in [0.25, 0.3) is 0 Å². The van der Waals surface area contributed by atoms with Gasteiger partial charge in [-0.15, -0.1) is 0 Å². The lowest BCUT2D eigenvalue weighted by Crippen LogP contribution is -2.01. The summed E-state index contributed by atoms with van der Waals surface area (Å²) in [6, 6.07) is 8.89. The summed E-state index contributed by atoms with van der Waals surface area (Å²) in [5, 5.41) is 10.7. The molecule has 0 bridgehead atoms. The van der Waals surface area contributed by atoms with Crippen molar-refractivity contribution in [2.24, 2.45) is 0 Å². The summed E-state index contributed by atoms with van der Waals surface area (Å²) in [5.74, 6) is 0.511. The quantitative estimate of drug-likeness (QED) is 0.676. The van der Waals surface area contributed by atoms with Crippen molar-refractivity contribution in [3.63, 3.8) is 0 Å². The molecule has 0 fully saturated rings. The Morgan fingerprint density at radius 1 is 1.08 bits per heavy atom. The highest BCUT2D eigenvalue weighted by Gasteiger charge is 2.20. The largest absolute Gasteiger partial charge is 0.493 e. The minimum atomic E-state index is -0.931. The molecule has 0 radical (unpaired) electrons. The van der Waals surface area contributed by atoms with E-state index >= 15 is 0 Å². The topological polar surface area (TPSA) is 80.8 Å². The number of hydrogen-bond donors (Lipinski definition) is 2. The van der Waals surface area contributed by atoms with Crippen molar-refractivity contribution in [2.75, 3.05) is 21.3 Å². The molecule has 2 aromatic carbocycles. The van der Waals surface area contributed by atoms with E-state index in [2.05, 4.69) is 4.98 Å². The number of carbonyl (C=O) groups is 1. The average Bonchev–Trinajstić information content (AvgIpc) is 2.97. The summed E-state index contributed by atoms with van der Waals surface area (Å²) < 4.78 is 16.1. The van der Waals surface area contributed by atoms with Gasteiger partial charge < -0.3 is 24.3 Å². The Morgan fingerprint density at radius 2 is 1.73 bits per heavy atom. The van der Waals surface area contributed by atoms with E-state index in [0.717, 1.165) is 16.5 Å². The summed E-state index contributed by atoms with van der Waals surface area (Å²) in [6.07, 6.45) is -0.146. The average molecular weight is 376 g/mol. The van der Waals surface area contributed by atoms with Crippen LogP contribution in [-0.2, 0) is 11.2 Å². The lowest BCUT2D eigenvalue weighted by Gasteiger charge is -2.14. The van der Waals surface area contributed by atoms with Crippen molar-refractivity contribution in [1.82, 2.24) is 4.98 Å². The highest BCUT2D eigenvalue weighted by molar-refractivity contribution is 6.31. The number of methoxy groups -OCH3 is 3. The number of aromatic nitrogens is 1. The maximum absolute atomic E-state index is 11.4. The van der Waals surface area contributed by atoms with Crippen LogP contribution >= 0.6 is 11.6 Å². The molecule has 0 aliphatic heterocycles. The van der Waals surface area contributed by atoms with Crippen LogP contribution in [0.15, 0.2) is 30.3 Å². The van der Waals surface area contributed by atoms with Crippen LogP contribution in [0.2, 0.25) is 5.02 Å². The zero-order chi connectivity index (χ0) is 18.8. The molecule has 0 spiro atoms. The van der Waals surface area contributed by atoms with E-state index in [1.54, 1.807) is 24.3 Å². The molecule has 0 aliphatic rings. The first-order valence-electron chi connectivity index (χ1n) is 7.80. The molecule has 3 aromatic rings. The second-order valence-electron chi connectivity index (χ2n) is 5.65. The van der Waals surface area contributed by atoms with E-state index in [9.17, 15) is 9.90 Å². The Labute approximate surface area is 155 Å². The number of aromatic amines is 1. The van der Waals surface area contributed by atoms with E-state index in [1.165, 1.54) is 21.3 Å². The van der Waals surface area contributed by atoms with E-state index < -0.39 is 5.97 Å². The third-order valence-electron chi connectivity index (χ3n) is 4.15. The number of carboxylic acids is 1. The SMILES string of the molecule is COc1cc(-c2[nH]c3ccc(Cl)cc3c2CC(=O)O)cc(OC)c1OC. The van der Waals surface area contributed by atoms with Gasteiger partial charge >= 0.3 is 5.97 Å². The fourth-order valence-corrected chi connectivity index (χ4v) is 3.20. The van der Waals surface area contributed by atoms with Crippen LogP contribution in [0.3, 0.4) is 0 Å². The van der Waals surface area contributed by atoms with Crippen LogP contribution in [0.4, 0.5) is 0 Å².